The molecule has 0 aliphatic carbocycles. The Labute approximate surface area is 134 Å². The van der Waals surface area contributed by atoms with Crippen molar-refractivity contribution in [1.29, 1.82) is 0 Å². The van der Waals surface area contributed by atoms with Gasteiger partial charge < -0.3 is 11.1 Å². The normalized spacial score (nSPS) is 11.4. The molecule has 2 aromatic rings. The first-order valence-corrected chi connectivity index (χ1v) is 6.01. The molecule has 0 spiro atoms. The summed E-state index contributed by atoms with van der Waals surface area (Å²) in [6, 6.07) is 0.883. The molecule has 0 aliphatic rings. The minimum absolute atomic E-state index is 0. The average Bonchev–Trinajstić information content (AvgIpc) is 2.69. The lowest BCUT2D eigenvalue weighted by atomic mass is 10.1. The average molecular weight is 336 g/mol. The number of H-pyrrole nitrogens is 1. The van der Waals surface area contributed by atoms with Crippen molar-refractivity contribution in [3.05, 3.63) is 33.4 Å². The number of carbonyl (C=O) groups excluding carboxylic acids is 1. The van der Waals surface area contributed by atoms with E-state index in [1.54, 1.807) is 11.4 Å². The van der Waals surface area contributed by atoms with Gasteiger partial charge in [-0.15, -0.1) is 24.8 Å². The van der Waals surface area contributed by atoms with Gasteiger partial charge in [0.15, 0.2) is 5.65 Å². The number of aromatic amines is 1. The number of nitrogens with zero attached hydrogens (tertiary/aromatic N) is 2. The highest BCUT2D eigenvalue weighted by Crippen LogP contribution is 2.12. The molecule has 21 heavy (non-hydrogen) atoms. The Morgan fingerprint density at radius 1 is 1.48 bits per heavy atom. The van der Waals surface area contributed by atoms with Gasteiger partial charge in [0.1, 0.15) is 0 Å². The van der Waals surface area contributed by atoms with Crippen LogP contribution in [0.2, 0.25) is 0 Å². The SMILES string of the molecule is Cc1nc2cc(=O)[nH]n2c(C)c1CNC(=O)C(C)N.Cl.Cl. The van der Waals surface area contributed by atoms with Crippen LogP contribution in [-0.2, 0) is 11.3 Å². The van der Waals surface area contributed by atoms with Crippen LogP contribution in [0.15, 0.2) is 10.9 Å². The Kier molecular flexibility index (Phi) is 6.89. The predicted octanol–water partition coefficient (Wildman–Crippen LogP) is 0.446. The molecule has 0 aliphatic heterocycles. The highest BCUT2D eigenvalue weighted by atomic mass is 35.5. The third-order valence-electron chi connectivity index (χ3n) is 3.06. The van der Waals surface area contributed by atoms with Crippen molar-refractivity contribution < 1.29 is 4.79 Å². The first-order valence-electron chi connectivity index (χ1n) is 6.01. The first-order chi connectivity index (χ1) is 8.90. The zero-order valence-corrected chi connectivity index (χ0v) is 13.6. The molecular formula is C12H19Cl2N5O2. The summed E-state index contributed by atoms with van der Waals surface area (Å²) in [6.45, 7) is 5.67. The van der Waals surface area contributed by atoms with Crippen molar-refractivity contribution in [2.75, 3.05) is 0 Å². The van der Waals surface area contributed by atoms with Gasteiger partial charge in [0.25, 0.3) is 5.56 Å². The second-order valence-electron chi connectivity index (χ2n) is 4.58. The fourth-order valence-electron chi connectivity index (χ4n) is 1.95. The van der Waals surface area contributed by atoms with Crippen LogP contribution in [0.3, 0.4) is 0 Å². The lowest BCUT2D eigenvalue weighted by Gasteiger charge is -2.13. The van der Waals surface area contributed by atoms with Crippen molar-refractivity contribution >= 4 is 36.4 Å². The largest absolute Gasteiger partial charge is 0.351 e. The lowest BCUT2D eigenvalue weighted by Crippen LogP contribution is -2.38. The number of rotatable bonds is 3. The van der Waals surface area contributed by atoms with E-state index in [9.17, 15) is 9.59 Å². The first kappa shape index (κ1) is 19.4. The van der Waals surface area contributed by atoms with Crippen molar-refractivity contribution in [2.24, 2.45) is 5.73 Å². The van der Waals surface area contributed by atoms with E-state index >= 15 is 0 Å². The number of aromatic nitrogens is 3. The highest BCUT2D eigenvalue weighted by Gasteiger charge is 2.13. The Bertz CT molecular complexity index is 693. The van der Waals surface area contributed by atoms with E-state index in [4.69, 9.17) is 5.73 Å². The molecule has 1 amide bonds. The lowest BCUT2D eigenvalue weighted by molar-refractivity contribution is -0.122. The molecular weight excluding hydrogens is 317 g/mol. The monoisotopic (exact) mass is 335 g/mol. The van der Waals surface area contributed by atoms with E-state index in [-0.39, 0.29) is 36.3 Å². The predicted molar refractivity (Wildman–Crippen MR) is 85.3 cm³/mol. The molecule has 0 saturated heterocycles. The van der Waals surface area contributed by atoms with Crippen LogP contribution < -0.4 is 16.6 Å². The summed E-state index contributed by atoms with van der Waals surface area (Å²) >= 11 is 0. The summed E-state index contributed by atoms with van der Waals surface area (Å²) in [5.74, 6) is -0.222. The molecule has 0 aromatic carbocycles. The summed E-state index contributed by atoms with van der Waals surface area (Å²) in [6.07, 6.45) is 0. The minimum atomic E-state index is -0.552. The zero-order chi connectivity index (χ0) is 14.2. The number of amides is 1. The summed E-state index contributed by atoms with van der Waals surface area (Å²) in [4.78, 5) is 27.1. The van der Waals surface area contributed by atoms with Crippen LogP contribution in [0.25, 0.3) is 5.65 Å². The van der Waals surface area contributed by atoms with E-state index < -0.39 is 6.04 Å². The van der Waals surface area contributed by atoms with Crippen LogP contribution >= 0.6 is 24.8 Å². The van der Waals surface area contributed by atoms with Crippen molar-refractivity contribution in [2.45, 2.75) is 33.4 Å². The van der Waals surface area contributed by atoms with Gasteiger partial charge in [0, 0.05) is 29.6 Å². The van der Waals surface area contributed by atoms with Gasteiger partial charge in [0.2, 0.25) is 5.91 Å². The van der Waals surface area contributed by atoms with Gasteiger partial charge >= 0.3 is 0 Å². The number of hydrogen-bond donors (Lipinski definition) is 3. The van der Waals surface area contributed by atoms with Gasteiger partial charge in [-0.1, -0.05) is 0 Å². The van der Waals surface area contributed by atoms with Gasteiger partial charge in [-0.2, -0.15) is 0 Å². The Balaban J connectivity index is 0.00000200. The van der Waals surface area contributed by atoms with Crippen molar-refractivity contribution in [3.63, 3.8) is 0 Å². The van der Waals surface area contributed by atoms with Crippen LogP contribution in [-0.4, -0.2) is 26.5 Å². The van der Waals surface area contributed by atoms with E-state index in [0.717, 1.165) is 17.0 Å². The van der Waals surface area contributed by atoms with Crippen LogP contribution in [0, 0.1) is 13.8 Å². The standard InChI is InChI=1S/C12H17N5O2.2ClH/c1-6(13)12(19)14-5-9-7(2)15-10-4-11(18)16-17(10)8(9)3;;/h4,6H,5,13H2,1-3H3,(H,14,19)(H,16,18);2*1H. The highest BCUT2D eigenvalue weighted by molar-refractivity contribution is 5.85. The molecule has 0 saturated carbocycles. The van der Waals surface area contributed by atoms with Crippen LogP contribution in [0.1, 0.15) is 23.9 Å². The van der Waals surface area contributed by atoms with E-state index in [2.05, 4.69) is 15.4 Å². The van der Waals surface area contributed by atoms with E-state index in [1.165, 1.54) is 6.07 Å². The minimum Gasteiger partial charge on any atom is -0.351 e. The molecule has 4 N–H and O–H groups in total. The quantitative estimate of drug-likeness (QED) is 0.756. The van der Waals surface area contributed by atoms with Gasteiger partial charge in [-0.25, -0.2) is 9.50 Å². The maximum Gasteiger partial charge on any atom is 0.266 e. The van der Waals surface area contributed by atoms with Crippen molar-refractivity contribution in [3.8, 4) is 0 Å². The molecule has 2 heterocycles. The smallest absolute Gasteiger partial charge is 0.266 e. The molecule has 7 nitrogen and oxygen atoms in total. The summed E-state index contributed by atoms with van der Waals surface area (Å²) in [7, 11) is 0. The van der Waals surface area contributed by atoms with Gasteiger partial charge in [-0.3, -0.25) is 14.7 Å². The Hall–Kier alpha value is -1.57. The fraction of sp³-hybridized carbons (Fsp3) is 0.417. The number of nitrogens with one attached hydrogen (secondary N) is 2. The molecule has 2 aromatic heterocycles. The second-order valence-corrected chi connectivity index (χ2v) is 4.58. The number of carbonyl (C=O) groups is 1. The fourth-order valence-corrected chi connectivity index (χ4v) is 1.95. The molecule has 2 rings (SSSR count). The van der Waals surface area contributed by atoms with E-state index in [0.29, 0.717) is 12.2 Å². The molecule has 1 unspecified atom stereocenters. The van der Waals surface area contributed by atoms with Gasteiger partial charge in [-0.05, 0) is 20.8 Å². The number of halogens is 2. The summed E-state index contributed by atoms with van der Waals surface area (Å²) in [5, 5.41) is 5.41. The van der Waals surface area contributed by atoms with Crippen LogP contribution in [0.4, 0.5) is 0 Å². The molecule has 9 heteroatoms. The maximum absolute atomic E-state index is 11.5. The Morgan fingerprint density at radius 3 is 2.67 bits per heavy atom. The van der Waals surface area contributed by atoms with Crippen LogP contribution in [0.5, 0.6) is 0 Å². The summed E-state index contributed by atoms with van der Waals surface area (Å²) < 4.78 is 1.61. The molecule has 0 fully saturated rings. The number of nitrogens with two attached hydrogens (primary N) is 1. The number of fused-ring (bicyclic) bond motifs is 1. The molecule has 0 bridgehead atoms. The topological polar surface area (TPSA) is 105 Å². The molecule has 1 atom stereocenters. The third kappa shape index (κ3) is 3.96. The maximum atomic E-state index is 11.5. The zero-order valence-electron chi connectivity index (χ0n) is 12.0. The summed E-state index contributed by atoms with van der Waals surface area (Å²) in [5.41, 5.74) is 8.35. The van der Waals surface area contributed by atoms with E-state index in [1.807, 2.05) is 13.8 Å². The third-order valence-corrected chi connectivity index (χ3v) is 3.06. The van der Waals surface area contributed by atoms with Gasteiger partial charge in [0.05, 0.1) is 6.04 Å². The second kappa shape index (κ2) is 7.44. The van der Waals surface area contributed by atoms with Crippen molar-refractivity contribution in [1.82, 2.24) is 19.9 Å². The molecule has 118 valence electrons. The molecule has 0 radical (unpaired) electrons. The number of hydrogen-bond acceptors (Lipinski definition) is 4. The Morgan fingerprint density at radius 2 is 2.10 bits per heavy atom. The number of aryl methyl sites for hydroxylation is 2.